The third-order valence-corrected chi connectivity index (χ3v) is 3.36. The van der Waals surface area contributed by atoms with Crippen LogP contribution in [0, 0.1) is 0 Å². The molecule has 84 valence electrons. The van der Waals surface area contributed by atoms with Crippen molar-refractivity contribution in [2.24, 2.45) is 0 Å². The first kappa shape index (κ1) is 12.4. The highest BCUT2D eigenvalue weighted by molar-refractivity contribution is 7.98. The third kappa shape index (κ3) is 3.43. The van der Waals surface area contributed by atoms with Crippen molar-refractivity contribution >= 4 is 17.4 Å². The number of para-hydroxylation sites is 1. The van der Waals surface area contributed by atoms with E-state index in [-0.39, 0.29) is 6.10 Å². The summed E-state index contributed by atoms with van der Waals surface area (Å²) < 4.78 is 5.29. The Morgan fingerprint density at radius 1 is 1.27 bits per heavy atom. The second-order valence-corrected chi connectivity index (χ2v) is 4.42. The summed E-state index contributed by atoms with van der Waals surface area (Å²) in [5.41, 5.74) is 1.18. The van der Waals surface area contributed by atoms with E-state index in [1.165, 1.54) is 10.6 Å². The Morgan fingerprint density at radius 2 is 1.93 bits per heavy atom. The number of rotatable bonds is 5. The fourth-order valence-electron chi connectivity index (χ4n) is 1.33. The monoisotopic (exact) mass is 225 g/mol. The summed E-state index contributed by atoms with van der Waals surface area (Å²) in [5, 5.41) is 3.47. The zero-order chi connectivity index (χ0) is 11.3. The van der Waals surface area contributed by atoms with Gasteiger partial charge in [-0.2, -0.15) is 0 Å². The maximum absolute atomic E-state index is 5.29. The van der Waals surface area contributed by atoms with Crippen molar-refractivity contribution in [2.75, 3.05) is 18.7 Å². The van der Waals surface area contributed by atoms with Crippen LogP contribution in [0.1, 0.15) is 13.8 Å². The van der Waals surface area contributed by atoms with Gasteiger partial charge in [0, 0.05) is 23.7 Å². The summed E-state index contributed by atoms with van der Waals surface area (Å²) in [6, 6.07) is 8.64. The Kier molecular flexibility index (Phi) is 4.99. The van der Waals surface area contributed by atoms with Gasteiger partial charge in [0.15, 0.2) is 0 Å². The molecule has 1 rings (SSSR count). The van der Waals surface area contributed by atoms with Gasteiger partial charge < -0.3 is 10.1 Å². The minimum Gasteiger partial charge on any atom is -0.380 e. The largest absolute Gasteiger partial charge is 0.380 e. The van der Waals surface area contributed by atoms with E-state index >= 15 is 0 Å². The van der Waals surface area contributed by atoms with Crippen LogP contribution in [0.4, 0.5) is 5.69 Å². The van der Waals surface area contributed by atoms with Crippen LogP contribution in [0.25, 0.3) is 0 Å². The zero-order valence-electron chi connectivity index (χ0n) is 9.78. The molecular weight excluding hydrogens is 206 g/mol. The van der Waals surface area contributed by atoms with Crippen molar-refractivity contribution in [1.29, 1.82) is 0 Å². The van der Waals surface area contributed by atoms with Crippen LogP contribution in [0.15, 0.2) is 29.2 Å². The first-order valence-electron chi connectivity index (χ1n) is 5.11. The van der Waals surface area contributed by atoms with E-state index in [0.29, 0.717) is 6.04 Å². The smallest absolute Gasteiger partial charge is 0.0741 e. The summed E-state index contributed by atoms with van der Waals surface area (Å²) in [5.74, 6) is 0. The SMILES string of the molecule is COC(C)C(C)Nc1ccccc1SC. The third-order valence-electron chi connectivity index (χ3n) is 2.57. The van der Waals surface area contributed by atoms with Gasteiger partial charge in [0.1, 0.15) is 0 Å². The maximum Gasteiger partial charge on any atom is 0.0741 e. The number of ether oxygens (including phenoxy) is 1. The average molecular weight is 225 g/mol. The molecule has 0 aliphatic carbocycles. The first-order chi connectivity index (χ1) is 7.19. The molecule has 0 spiro atoms. The van der Waals surface area contributed by atoms with Crippen LogP contribution < -0.4 is 5.32 Å². The van der Waals surface area contributed by atoms with Gasteiger partial charge in [0.2, 0.25) is 0 Å². The molecular formula is C12H19NOS. The summed E-state index contributed by atoms with van der Waals surface area (Å²) in [6.07, 6.45) is 2.30. The molecule has 3 heteroatoms. The standard InChI is InChI=1S/C12H19NOS/c1-9(10(2)14-3)13-11-7-5-6-8-12(11)15-4/h5-10,13H,1-4H3. The van der Waals surface area contributed by atoms with Gasteiger partial charge >= 0.3 is 0 Å². The zero-order valence-corrected chi connectivity index (χ0v) is 10.6. The van der Waals surface area contributed by atoms with E-state index in [4.69, 9.17) is 4.74 Å². The Balaban J connectivity index is 2.71. The van der Waals surface area contributed by atoms with Crippen LogP contribution in [-0.4, -0.2) is 25.5 Å². The lowest BCUT2D eigenvalue weighted by Crippen LogP contribution is -2.29. The molecule has 0 aliphatic rings. The molecule has 1 aromatic carbocycles. The second-order valence-electron chi connectivity index (χ2n) is 3.57. The second kappa shape index (κ2) is 6.03. The molecule has 15 heavy (non-hydrogen) atoms. The van der Waals surface area contributed by atoms with Crippen LogP contribution in [0.2, 0.25) is 0 Å². The summed E-state index contributed by atoms with van der Waals surface area (Å²) in [6.45, 7) is 4.20. The molecule has 1 N–H and O–H groups in total. The molecule has 0 radical (unpaired) electrons. The maximum atomic E-state index is 5.29. The van der Waals surface area contributed by atoms with Crippen LogP contribution in [-0.2, 0) is 4.74 Å². The molecule has 0 fully saturated rings. The fraction of sp³-hybridized carbons (Fsp3) is 0.500. The van der Waals surface area contributed by atoms with Crippen molar-refractivity contribution < 1.29 is 4.74 Å². The topological polar surface area (TPSA) is 21.3 Å². The van der Waals surface area contributed by atoms with Crippen LogP contribution >= 0.6 is 11.8 Å². The van der Waals surface area contributed by atoms with E-state index in [1.807, 2.05) is 6.07 Å². The van der Waals surface area contributed by atoms with Gasteiger partial charge in [-0.25, -0.2) is 0 Å². The van der Waals surface area contributed by atoms with Crippen molar-refractivity contribution in [3.8, 4) is 0 Å². The lowest BCUT2D eigenvalue weighted by Gasteiger charge is -2.22. The minimum atomic E-state index is 0.208. The highest BCUT2D eigenvalue weighted by Gasteiger charge is 2.11. The van der Waals surface area contributed by atoms with E-state index < -0.39 is 0 Å². The predicted octanol–water partition coefficient (Wildman–Crippen LogP) is 3.24. The van der Waals surface area contributed by atoms with Gasteiger partial charge in [0.05, 0.1) is 6.10 Å². The lowest BCUT2D eigenvalue weighted by molar-refractivity contribution is 0.106. The molecule has 0 saturated heterocycles. The number of thioether (sulfide) groups is 1. The molecule has 2 nitrogen and oxygen atoms in total. The van der Waals surface area contributed by atoms with E-state index in [2.05, 4.69) is 43.6 Å². The molecule has 0 aromatic heterocycles. The van der Waals surface area contributed by atoms with E-state index in [0.717, 1.165) is 0 Å². The van der Waals surface area contributed by atoms with Crippen molar-refractivity contribution in [3.05, 3.63) is 24.3 Å². The molecule has 0 bridgehead atoms. The predicted molar refractivity (Wildman–Crippen MR) is 67.8 cm³/mol. The molecule has 0 heterocycles. The summed E-state index contributed by atoms with van der Waals surface area (Å²) >= 11 is 1.75. The van der Waals surface area contributed by atoms with Gasteiger partial charge in [-0.05, 0) is 32.2 Å². The quantitative estimate of drug-likeness (QED) is 0.777. The van der Waals surface area contributed by atoms with Crippen molar-refractivity contribution in [1.82, 2.24) is 0 Å². The normalized spacial score (nSPS) is 14.7. The number of methoxy groups -OCH3 is 1. The Labute approximate surface area is 96.4 Å². The lowest BCUT2D eigenvalue weighted by atomic mass is 10.2. The van der Waals surface area contributed by atoms with Gasteiger partial charge in [-0.3, -0.25) is 0 Å². The van der Waals surface area contributed by atoms with Gasteiger partial charge in [-0.15, -0.1) is 11.8 Å². The highest BCUT2D eigenvalue weighted by Crippen LogP contribution is 2.25. The van der Waals surface area contributed by atoms with Crippen molar-refractivity contribution in [2.45, 2.75) is 30.9 Å². The molecule has 0 aliphatic heterocycles. The minimum absolute atomic E-state index is 0.208. The fourth-order valence-corrected chi connectivity index (χ4v) is 1.89. The summed E-state index contributed by atoms with van der Waals surface area (Å²) in [4.78, 5) is 1.27. The van der Waals surface area contributed by atoms with Gasteiger partial charge in [0.25, 0.3) is 0 Å². The Bertz CT molecular complexity index is 303. The molecule has 0 saturated carbocycles. The summed E-state index contributed by atoms with van der Waals surface area (Å²) in [7, 11) is 1.74. The van der Waals surface area contributed by atoms with Crippen molar-refractivity contribution in [3.63, 3.8) is 0 Å². The van der Waals surface area contributed by atoms with Gasteiger partial charge in [-0.1, -0.05) is 12.1 Å². The number of benzene rings is 1. The number of nitrogens with one attached hydrogen (secondary N) is 1. The first-order valence-corrected chi connectivity index (χ1v) is 6.34. The number of hydrogen-bond acceptors (Lipinski definition) is 3. The Hall–Kier alpha value is -0.670. The highest BCUT2D eigenvalue weighted by atomic mass is 32.2. The number of hydrogen-bond donors (Lipinski definition) is 1. The Morgan fingerprint density at radius 3 is 2.53 bits per heavy atom. The van der Waals surface area contributed by atoms with E-state index in [1.54, 1.807) is 18.9 Å². The average Bonchev–Trinajstić information content (AvgIpc) is 2.28. The molecule has 1 aromatic rings. The van der Waals surface area contributed by atoms with Crippen LogP contribution in [0.5, 0.6) is 0 Å². The molecule has 2 unspecified atom stereocenters. The number of anilines is 1. The molecule has 0 amide bonds. The van der Waals surface area contributed by atoms with Crippen LogP contribution in [0.3, 0.4) is 0 Å². The molecule has 2 atom stereocenters. The van der Waals surface area contributed by atoms with E-state index in [9.17, 15) is 0 Å².